The molecule has 2 heterocycles. The maximum absolute atomic E-state index is 13.0. The standard InChI is InChI=1S/C24H27N3O2S/c1-4-21-24(28)27(14-8-13-26(2)3)20-15-18(11-12-22(20)29-21)19-16-30-23(25-19)17-9-6-5-7-10-17/h5-7,9-12,15-16,21H,4,8,13-14H2,1-3H3. The average Bonchev–Trinajstić information content (AvgIpc) is 3.25. The highest BCUT2D eigenvalue weighted by Gasteiger charge is 2.33. The molecule has 1 aromatic heterocycles. The first-order valence-electron chi connectivity index (χ1n) is 10.3. The number of hydrogen-bond donors (Lipinski definition) is 0. The Hall–Kier alpha value is -2.70. The molecular weight excluding hydrogens is 394 g/mol. The smallest absolute Gasteiger partial charge is 0.268 e. The van der Waals surface area contributed by atoms with Gasteiger partial charge in [-0.05, 0) is 51.7 Å². The van der Waals surface area contributed by atoms with Crippen molar-refractivity contribution in [2.75, 3.05) is 32.1 Å². The minimum Gasteiger partial charge on any atom is -0.478 e. The van der Waals surface area contributed by atoms with E-state index in [-0.39, 0.29) is 5.91 Å². The van der Waals surface area contributed by atoms with Gasteiger partial charge in [0, 0.05) is 23.1 Å². The predicted molar refractivity (Wildman–Crippen MR) is 123 cm³/mol. The predicted octanol–water partition coefficient (Wildman–Crippen LogP) is 4.93. The minimum atomic E-state index is -0.410. The van der Waals surface area contributed by atoms with Crippen LogP contribution in [0.15, 0.2) is 53.9 Å². The van der Waals surface area contributed by atoms with Crippen molar-refractivity contribution in [3.05, 3.63) is 53.9 Å². The Morgan fingerprint density at radius 3 is 2.67 bits per heavy atom. The molecule has 0 spiro atoms. The van der Waals surface area contributed by atoms with Crippen LogP contribution < -0.4 is 9.64 Å². The zero-order valence-corrected chi connectivity index (χ0v) is 18.5. The Morgan fingerprint density at radius 2 is 1.93 bits per heavy atom. The molecule has 1 aliphatic rings. The van der Waals surface area contributed by atoms with Crippen molar-refractivity contribution >= 4 is 22.9 Å². The molecule has 1 aliphatic heterocycles. The maximum atomic E-state index is 13.0. The molecule has 0 fully saturated rings. The fourth-order valence-electron chi connectivity index (χ4n) is 3.64. The number of rotatable bonds is 7. The van der Waals surface area contributed by atoms with Gasteiger partial charge in [0.1, 0.15) is 10.8 Å². The summed E-state index contributed by atoms with van der Waals surface area (Å²) in [6.07, 6.45) is 1.16. The zero-order valence-electron chi connectivity index (χ0n) is 17.7. The highest BCUT2D eigenvalue weighted by molar-refractivity contribution is 7.13. The average molecular weight is 422 g/mol. The van der Waals surface area contributed by atoms with Crippen LogP contribution in [0.2, 0.25) is 0 Å². The molecule has 4 rings (SSSR count). The third-order valence-corrected chi connectivity index (χ3v) is 6.13. The molecule has 30 heavy (non-hydrogen) atoms. The van der Waals surface area contributed by atoms with Gasteiger partial charge in [-0.1, -0.05) is 37.3 Å². The number of carbonyl (C=O) groups excluding carboxylic acids is 1. The Morgan fingerprint density at radius 1 is 1.13 bits per heavy atom. The van der Waals surface area contributed by atoms with Crippen LogP contribution in [0.1, 0.15) is 19.8 Å². The Bertz CT molecular complexity index is 1020. The van der Waals surface area contributed by atoms with E-state index in [1.54, 1.807) is 11.3 Å². The van der Waals surface area contributed by atoms with E-state index in [1.165, 1.54) is 0 Å². The van der Waals surface area contributed by atoms with Crippen LogP contribution >= 0.6 is 11.3 Å². The highest BCUT2D eigenvalue weighted by atomic mass is 32.1. The number of hydrogen-bond acceptors (Lipinski definition) is 5. The normalized spacial score (nSPS) is 15.9. The SMILES string of the molecule is CCC1Oc2ccc(-c3csc(-c4ccccc4)n3)cc2N(CCCN(C)C)C1=O. The molecule has 156 valence electrons. The molecule has 5 nitrogen and oxygen atoms in total. The van der Waals surface area contributed by atoms with Crippen LogP contribution in [0, 0.1) is 0 Å². The third-order valence-electron chi connectivity index (χ3n) is 5.24. The molecule has 0 saturated heterocycles. The largest absolute Gasteiger partial charge is 0.478 e. The van der Waals surface area contributed by atoms with Crippen molar-refractivity contribution in [2.24, 2.45) is 0 Å². The number of carbonyl (C=O) groups is 1. The van der Waals surface area contributed by atoms with Gasteiger partial charge in [-0.25, -0.2) is 4.98 Å². The second-order valence-corrected chi connectivity index (χ2v) is 8.61. The monoisotopic (exact) mass is 421 g/mol. The van der Waals surface area contributed by atoms with Crippen molar-refractivity contribution in [3.63, 3.8) is 0 Å². The Labute approximate surface area is 181 Å². The van der Waals surface area contributed by atoms with Gasteiger partial charge in [0.15, 0.2) is 6.10 Å². The van der Waals surface area contributed by atoms with Gasteiger partial charge in [0.05, 0.1) is 11.4 Å². The quantitative estimate of drug-likeness (QED) is 0.542. The molecule has 0 radical (unpaired) electrons. The topological polar surface area (TPSA) is 45.7 Å². The summed E-state index contributed by atoms with van der Waals surface area (Å²) < 4.78 is 6.00. The van der Waals surface area contributed by atoms with E-state index in [0.717, 1.165) is 46.2 Å². The first-order valence-corrected chi connectivity index (χ1v) is 11.2. The summed E-state index contributed by atoms with van der Waals surface area (Å²) in [5.41, 5.74) is 3.87. The van der Waals surface area contributed by atoms with Crippen molar-refractivity contribution in [2.45, 2.75) is 25.9 Å². The Balaban J connectivity index is 1.65. The summed E-state index contributed by atoms with van der Waals surface area (Å²) in [6, 6.07) is 16.2. The lowest BCUT2D eigenvalue weighted by Crippen LogP contribution is -2.46. The van der Waals surface area contributed by atoms with Gasteiger partial charge in [0.25, 0.3) is 5.91 Å². The summed E-state index contributed by atoms with van der Waals surface area (Å²) >= 11 is 1.63. The van der Waals surface area contributed by atoms with Crippen LogP contribution in [0.4, 0.5) is 5.69 Å². The molecular formula is C24H27N3O2S. The summed E-state index contributed by atoms with van der Waals surface area (Å²) in [5.74, 6) is 0.817. The lowest BCUT2D eigenvalue weighted by atomic mass is 10.1. The van der Waals surface area contributed by atoms with Crippen molar-refractivity contribution < 1.29 is 9.53 Å². The molecule has 0 N–H and O–H groups in total. The fraction of sp³-hybridized carbons (Fsp3) is 0.333. The summed E-state index contributed by atoms with van der Waals surface area (Å²) in [5, 5.41) is 3.06. The fourth-order valence-corrected chi connectivity index (χ4v) is 4.47. The molecule has 6 heteroatoms. The van der Waals surface area contributed by atoms with Crippen LogP contribution in [0.25, 0.3) is 21.8 Å². The Kier molecular flexibility index (Phi) is 6.16. The highest BCUT2D eigenvalue weighted by Crippen LogP contribution is 2.39. The molecule has 0 aliphatic carbocycles. The number of ether oxygens (including phenoxy) is 1. The van der Waals surface area contributed by atoms with Crippen molar-refractivity contribution in [1.29, 1.82) is 0 Å². The number of nitrogens with zero attached hydrogens (tertiary/aromatic N) is 3. The minimum absolute atomic E-state index is 0.0455. The first-order chi connectivity index (χ1) is 14.6. The molecule has 1 atom stereocenters. The number of benzene rings is 2. The van der Waals surface area contributed by atoms with E-state index in [0.29, 0.717) is 13.0 Å². The number of aromatic nitrogens is 1. The van der Waals surface area contributed by atoms with E-state index in [9.17, 15) is 4.79 Å². The summed E-state index contributed by atoms with van der Waals surface area (Å²) in [6.45, 7) is 3.60. The van der Waals surface area contributed by atoms with Gasteiger partial charge < -0.3 is 14.5 Å². The number of thiazole rings is 1. The molecule has 0 bridgehead atoms. The van der Waals surface area contributed by atoms with Gasteiger partial charge in [-0.2, -0.15) is 0 Å². The summed E-state index contributed by atoms with van der Waals surface area (Å²) in [4.78, 5) is 21.9. The molecule has 0 saturated carbocycles. The number of amides is 1. The van der Waals surface area contributed by atoms with E-state index in [2.05, 4.69) is 36.5 Å². The molecule has 1 unspecified atom stereocenters. The molecule has 1 amide bonds. The van der Waals surface area contributed by atoms with Gasteiger partial charge in [-0.15, -0.1) is 11.3 Å². The lowest BCUT2D eigenvalue weighted by Gasteiger charge is -2.34. The van der Waals surface area contributed by atoms with Gasteiger partial charge >= 0.3 is 0 Å². The van der Waals surface area contributed by atoms with Gasteiger partial charge in [-0.3, -0.25) is 4.79 Å². The number of fused-ring (bicyclic) bond motifs is 1. The lowest BCUT2D eigenvalue weighted by molar-refractivity contribution is -0.126. The number of anilines is 1. The van der Waals surface area contributed by atoms with Crippen molar-refractivity contribution in [1.82, 2.24) is 9.88 Å². The second kappa shape index (κ2) is 8.98. The second-order valence-electron chi connectivity index (χ2n) is 7.75. The van der Waals surface area contributed by atoms with E-state index in [1.807, 2.05) is 48.2 Å². The first kappa shape index (κ1) is 20.6. The van der Waals surface area contributed by atoms with Gasteiger partial charge in [0.2, 0.25) is 0 Å². The van der Waals surface area contributed by atoms with Crippen LogP contribution in [-0.2, 0) is 4.79 Å². The molecule has 3 aromatic rings. The van der Waals surface area contributed by atoms with E-state index >= 15 is 0 Å². The van der Waals surface area contributed by atoms with E-state index in [4.69, 9.17) is 9.72 Å². The summed E-state index contributed by atoms with van der Waals surface area (Å²) in [7, 11) is 4.10. The third kappa shape index (κ3) is 4.25. The molecule has 2 aromatic carbocycles. The van der Waals surface area contributed by atoms with Crippen LogP contribution in [-0.4, -0.2) is 49.1 Å². The van der Waals surface area contributed by atoms with Crippen molar-refractivity contribution in [3.8, 4) is 27.6 Å². The van der Waals surface area contributed by atoms with Crippen LogP contribution in [0.3, 0.4) is 0 Å². The zero-order chi connectivity index (χ0) is 21.1. The van der Waals surface area contributed by atoms with Crippen LogP contribution in [0.5, 0.6) is 5.75 Å². The maximum Gasteiger partial charge on any atom is 0.268 e. The van der Waals surface area contributed by atoms with E-state index < -0.39 is 6.10 Å².